The van der Waals surface area contributed by atoms with Crippen molar-refractivity contribution in [3.8, 4) is 0 Å². The molecule has 0 saturated carbocycles. The molecule has 1 aromatic rings. The van der Waals surface area contributed by atoms with Crippen molar-refractivity contribution in [2.24, 2.45) is 0 Å². The van der Waals surface area contributed by atoms with Gasteiger partial charge in [-0.2, -0.15) is 0 Å². The Kier molecular flexibility index (Phi) is 4.59. The Bertz CT molecular complexity index is 538. The molecule has 1 saturated heterocycles. The van der Waals surface area contributed by atoms with Gasteiger partial charge in [0.15, 0.2) is 0 Å². The van der Waals surface area contributed by atoms with Crippen molar-refractivity contribution in [3.63, 3.8) is 0 Å². The highest BCUT2D eigenvalue weighted by atomic mass is 79.9. The zero-order valence-electron chi connectivity index (χ0n) is 11.0. The summed E-state index contributed by atoms with van der Waals surface area (Å²) in [5.41, 5.74) is 0.0882. The molecule has 0 spiro atoms. The molecule has 1 unspecified atom stereocenters. The Labute approximate surface area is 124 Å². The van der Waals surface area contributed by atoms with E-state index >= 15 is 0 Å². The van der Waals surface area contributed by atoms with E-state index in [2.05, 4.69) is 26.6 Å². The molecule has 7 heteroatoms. The number of anilines is 1. The Balaban J connectivity index is 2.14. The molecule has 1 aliphatic heterocycles. The van der Waals surface area contributed by atoms with E-state index in [1.165, 1.54) is 17.0 Å². The number of hydrogen-bond acceptors (Lipinski definition) is 2. The molecule has 2 N–H and O–H groups in total. The first-order valence-corrected chi connectivity index (χ1v) is 7.12. The van der Waals surface area contributed by atoms with E-state index < -0.39 is 17.9 Å². The molecule has 108 valence electrons. The molecule has 0 radical (unpaired) electrons. The molecule has 1 aromatic carbocycles. The summed E-state index contributed by atoms with van der Waals surface area (Å²) in [6, 6.07) is 3.31. The van der Waals surface area contributed by atoms with Crippen molar-refractivity contribution in [1.29, 1.82) is 0 Å². The maximum absolute atomic E-state index is 13.6. The molecule has 2 rings (SSSR count). The number of carbonyl (C=O) groups excluding carboxylic acids is 2. The summed E-state index contributed by atoms with van der Waals surface area (Å²) in [4.78, 5) is 25.3. The number of hydrogen-bond donors (Lipinski definition) is 2. The first-order chi connectivity index (χ1) is 9.52. The SMILES string of the molecule is CCC1C(=O)NCCN1C(=O)Nc1cc(Br)ccc1F. The second-order valence-corrected chi connectivity index (χ2v) is 5.38. The van der Waals surface area contributed by atoms with E-state index in [9.17, 15) is 14.0 Å². The lowest BCUT2D eigenvalue weighted by Crippen LogP contribution is -2.57. The van der Waals surface area contributed by atoms with Crippen LogP contribution in [0, 0.1) is 5.82 Å². The van der Waals surface area contributed by atoms with Crippen LogP contribution in [0.15, 0.2) is 22.7 Å². The molecule has 1 heterocycles. The molecule has 0 aliphatic carbocycles. The minimum Gasteiger partial charge on any atom is -0.353 e. The number of nitrogens with one attached hydrogen (secondary N) is 2. The maximum atomic E-state index is 13.6. The lowest BCUT2D eigenvalue weighted by atomic mass is 10.1. The van der Waals surface area contributed by atoms with Crippen LogP contribution in [0.1, 0.15) is 13.3 Å². The second-order valence-electron chi connectivity index (χ2n) is 4.46. The third-order valence-electron chi connectivity index (χ3n) is 3.15. The summed E-state index contributed by atoms with van der Waals surface area (Å²) in [6.07, 6.45) is 0.514. The van der Waals surface area contributed by atoms with E-state index in [1.54, 1.807) is 6.07 Å². The minimum atomic E-state index is -0.518. The van der Waals surface area contributed by atoms with Crippen molar-refractivity contribution in [3.05, 3.63) is 28.5 Å². The molecule has 3 amide bonds. The van der Waals surface area contributed by atoms with Crippen molar-refractivity contribution < 1.29 is 14.0 Å². The van der Waals surface area contributed by atoms with Gasteiger partial charge in [0.25, 0.3) is 0 Å². The van der Waals surface area contributed by atoms with Gasteiger partial charge in [0.1, 0.15) is 11.9 Å². The third-order valence-corrected chi connectivity index (χ3v) is 3.64. The van der Waals surface area contributed by atoms with E-state index in [0.717, 1.165) is 0 Å². The van der Waals surface area contributed by atoms with Gasteiger partial charge in [0.2, 0.25) is 5.91 Å². The van der Waals surface area contributed by atoms with Crippen LogP contribution >= 0.6 is 15.9 Å². The van der Waals surface area contributed by atoms with Crippen LogP contribution in [0.3, 0.4) is 0 Å². The van der Waals surface area contributed by atoms with Gasteiger partial charge in [0.05, 0.1) is 5.69 Å². The number of benzene rings is 1. The van der Waals surface area contributed by atoms with Gasteiger partial charge in [-0.1, -0.05) is 22.9 Å². The van der Waals surface area contributed by atoms with Crippen LogP contribution in [-0.2, 0) is 4.79 Å². The molecule has 0 aromatic heterocycles. The second kappa shape index (κ2) is 6.21. The van der Waals surface area contributed by atoms with Crippen LogP contribution in [0.5, 0.6) is 0 Å². The van der Waals surface area contributed by atoms with Crippen molar-refractivity contribution >= 4 is 33.6 Å². The number of urea groups is 1. The first kappa shape index (κ1) is 14.8. The monoisotopic (exact) mass is 343 g/mol. The van der Waals surface area contributed by atoms with Crippen LogP contribution in [0.4, 0.5) is 14.9 Å². The first-order valence-electron chi connectivity index (χ1n) is 6.33. The number of piperazine rings is 1. The van der Waals surface area contributed by atoms with E-state index in [1.807, 2.05) is 6.92 Å². The summed E-state index contributed by atoms with van der Waals surface area (Å²) in [7, 11) is 0. The molecule has 1 aliphatic rings. The topological polar surface area (TPSA) is 61.4 Å². The summed E-state index contributed by atoms with van der Waals surface area (Å²) >= 11 is 3.22. The van der Waals surface area contributed by atoms with E-state index in [0.29, 0.717) is 24.0 Å². The summed E-state index contributed by atoms with van der Waals surface area (Å²) in [6.45, 7) is 2.64. The highest BCUT2D eigenvalue weighted by Crippen LogP contribution is 2.21. The molecule has 20 heavy (non-hydrogen) atoms. The van der Waals surface area contributed by atoms with Gasteiger partial charge < -0.3 is 15.5 Å². The van der Waals surface area contributed by atoms with Gasteiger partial charge >= 0.3 is 6.03 Å². The molecule has 1 fully saturated rings. The van der Waals surface area contributed by atoms with Crippen LogP contribution in [0.2, 0.25) is 0 Å². The minimum absolute atomic E-state index is 0.0882. The van der Waals surface area contributed by atoms with Gasteiger partial charge in [-0.25, -0.2) is 9.18 Å². The molecular weight excluding hydrogens is 329 g/mol. The number of halogens is 2. The zero-order chi connectivity index (χ0) is 14.7. The Morgan fingerprint density at radius 3 is 3.05 bits per heavy atom. The fourth-order valence-electron chi connectivity index (χ4n) is 2.14. The van der Waals surface area contributed by atoms with Gasteiger partial charge in [-0.05, 0) is 24.6 Å². The largest absolute Gasteiger partial charge is 0.353 e. The Morgan fingerprint density at radius 1 is 1.60 bits per heavy atom. The maximum Gasteiger partial charge on any atom is 0.322 e. The fraction of sp³-hybridized carbons (Fsp3) is 0.385. The van der Waals surface area contributed by atoms with Gasteiger partial charge in [0, 0.05) is 17.6 Å². The van der Waals surface area contributed by atoms with Crippen LogP contribution < -0.4 is 10.6 Å². The highest BCUT2D eigenvalue weighted by molar-refractivity contribution is 9.10. The van der Waals surface area contributed by atoms with Crippen LogP contribution in [0.25, 0.3) is 0 Å². The van der Waals surface area contributed by atoms with E-state index in [4.69, 9.17) is 0 Å². The number of carbonyl (C=O) groups is 2. The van der Waals surface area contributed by atoms with Crippen molar-refractivity contribution in [1.82, 2.24) is 10.2 Å². The number of nitrogens with zero attached hydrogens (tertiary/aromatic N) is 1. The van der Waals surface area contributed by atoms with Crippen LogP contribution in [-0.4, -0.2) is 36.0 Å². The Morgan fingerprint density at radius 2 is 2.35 bits per heavy atom. The third kappa shape index (κ3) is 3.09. The Hall–Kier alpha value is -1.63. The summed E-state index contributed by atoms with van der Waals surface area (Å²) in [5, 5.41) is 5.22. The van der Waals surface area contributed by atoms with Gasteiger partial charge in [-0.15, -0.1) is 0 Å². The average molecular weight is 344 g/mol. The quantitative estimate of drug-likeness (QED) is 0.865. The normalized spacial score (nSPS) is 18.6. The van der Waals surface area contributed by atoms with Crippen molar-refractivity contribution in [2.45, 2.75) is 19.4 Å². The van der Waals surface area contributed by atoms with Crippen molar-refractivity contribution in [2.75, 3.05) is 18.4 Å². The molecular formula is C13H15BrFN3O2. The lowest BCUT2D eigenvalue weighted by molar-refractivity contribution is -0.127. The predicted molar refractivity (Wildman–Crippen MR) is 76.9 cm³/mol. The average Bonchev–Trinajstić information content (AvgIpc) is 2.42. The summed E-state index contributed by atoms with van der Waals surface area (Å²) < 4.78 is 14.3. The standard InChI is InChI=1S/C13H15BrFN3O2/c1-2-11-12(19)16-5-6-18(11)13(20)17-10-7-8(14)3-4-9(10)15/h3-4,7,11H,2,5-6H2,1H3,(H,16,19)(H,17,20). The fourth-order valence-corrected chi connectivity index (χ4v) is 2.50. The number of rotatable bonds is 2. The lowest BCUT2D eigenvalue weighted by Gasteiger charge is -2.34. The summed E-state index contributed by atoms with van der Waals surface area (Å²) in [5.74, 6) is -0.695. The van der Waals surface area contributed by atoms with E-state index in [-0.39, 0.29) is 11.6 Å². The molecule has 0 bridgehead atoms. The molecule has 1 atom stereocenters. The smallest absolute Gasteiger partial charge is 0.322 e. The predicted octanol–water partition coefficient (Wildman–Crippen LogP) is 2.33. The zero-order valence-corrected chi connectivity index (χ0v) is 12.5. The van der Waals surface area contributed by atoms with Gasteiger partial charge in [-0.3, -0.25) is 4.79 Å². The molecule has 5 nitrogen and oxygen atoms in total. The number of amides is 3. The highest BCUT2D eigenvalue weighted by Gasteiger charge is 2.31.